The van der Waals surface area contributed by atoms with Crippen LogP contribution in [0.2, 0.25) is 0 Å². The molecule has 1 fully saturated rings. The number of carbonyl (C=O) groups excluding carboxylic acids is 2. The van der Waals surface area contributed by atoms with Crippen LogP contribution in [0, 0.1) is 5.92 Å². The van der Waals surface area contributed by atoms with Gasteiger partial charge in [-0.15, -0.1) is 0 Å². The molecular formula is C16H30N4O3. The molecule has 0 aromatic rings. The van der Waals surface area contributed by atoms with E-state index in [-0.39, 0.29) is 17.8 Å². The van der Waals surface area contributed by atoms with Crippen molar-refractivity contribution in [1.29, 1.82) is 0 Å². The predicted molar refractivity (Wildman–Crippen MR) is 90.2 cm³/mol. The Morgan fingerprint density at radius 3 is 2.70 bits per heavy atom. The van der Waals surface area contributed by atoms with Crippen LogP contribution in [-0.2, 0) is 14.3 Å². The number of nitrogens with one attached hydrogen (secondary N) is 1. The van der Waals surface area contributed by atoms with Gasteiger partial charge in [-0.3, -0.25) is 14.6 Å². The molecule has 1 N–H and O–H groups in total. The number of aliphatic imine (C=N–C) groups is 1. The number of piperidine rings is 1. The second-order valence-corrected chi connectivity index (χ2v) is 5.81. The van der Waals surface area contributed by atoms with Crippen LogP contribution in [0.5, 0.6) is 0 Å². The lowest BCUT2D eigenvalue weighted by atomic mass is 9.98. The first-order valence-corrected chi connectivity index (χ1v) is 8.39. The highest BCUT2D eigenvalue weighted by molar-refractivity contribution is 5.82. The summed E-state index contributed by atoms with van der Waals surface area (Å²) in [6.07, 6.45) is 2.18. The zero-order chi connectivity index (χ0) is 17.2. The van der Waals surface area contributed by atoms with Crippen molar-refractivity contribution in [2.75, 3.05) is 46.9 Å². The van der Waals surface area contributed by atoms with E-state index in [2.05, 4.69) is 15.2 Å². The molecule has 0 aliphatic carbocycles. The van der Waals surface area contributed by atoms with E-state index in [0.717, 1.165) is 31.9 Å². The summed E-state index contributed by atoms with van der Waals surface area (Å²) in [5, 5.41) is 3.25. The van der Waals surface area contributed by atoms with Gasteiger partial charge < -0.3 is 19.9 Å². The van der Waals surface area contributed by atoms with Crippen LogP contribution in [-0.4, -0.2) is 74.5 Å². The van der Waals surface area contributed by atoms with Crippen molar-refractivity contribution in [3.05, 3.63) is 0 Å². The minimum absolute atomic E-state index is 0.0626. The van der Waals surface area contributed by atoms with Gasteiger partial charge in [-0.2, -0.15) is 0 Å². The van der Waals surface area contributed by atoms with Crippen molar-refractivity contribution in [1.82, 2.24) is 15.1 Å². The SMILES string of the molecule is CCNC(=NCCC(=O)N(C)C)N1CCCC(C(=O)OCC)C1. The Morgan fingerprint density at radius 2 is 2.09 bits per heavy atom. The lowest BCUT2D eigenvalue weighted by Gasteiger charge is -2.34. The van der Waals surface area contributed by atoms with Gasteiger partial charge in [0, 0.05) is 40.2 Å². The largest absolute Gasteiger partial charge is 0.466 e. The molecule has 1 atom stereocenters. The molecule has 7 nitrogen and oxygen atoms in total. The van der Waals surface area contributed by atoms with Crippen LogP contribution in [0.25, 0.3) is 0 Å². The van der Waals surface area contributed by atoms with Gasteiger partial charge in [0.2, 0.25) is 5.91 Å². The van der Waals surface area contributed by atoms with E-state index in [0.29, 0.717) is 26.1 Å². The van der Waals surface area contributed by atoms with E-state index in [1.165, 1.54) is 0 Å². The van der Waals surface area contributed by atoms with Gasteiger partial charge in [0.25, 0.3) is 0 Å². The van der Waals surface area contributed by atoms with Crippen LogP contribution in [0.15, 0.2) is 4.99 Å². The number of rotatable bonds is 6. The van der Waals surface area contributed by atoms with E-state index in [1.807, 2.05) is 13.8 Å². The molecule has 1 saturated heterocycles. The van der Waals surface area contributed by atoms with Gasteiger partial charge in [-0.1, -0.05) is 0 Å². The second-order valence-electron chi connectivity index (χ2n) is 5.81. The number of guanidine groups is 1. The third kappa shape index (κ3) is 6.46. The number of hydrogen-bond acceptors (Lipinski definition) is 4. The summed E-state index contributed by atoms with van der Waals surface area (Å²) in [5.74, 6) is 0.604. The van der Waals surface area contributed by atoms with E-state index >= 15 is 0 Å². The van der Waals surface area contributed by atoms with Crippen molar-refractivity contribution in [2.45, 2.75) is 33.1 Å². The first-order valence-electron chi connectivity index (χ1n) is 8.39. The molecule has 0 saturated carbocycles. The van der Waals surface area contributed by atoms with Crippen LogP contribution < -0.4 is 5.32 Å². The topological polar surface area (TPSA) is 74.2 Å². The van der Waals surface area contributed by atoms with Gasteiger partial charge in [-0.25, -0.2) is 0 Å². The second kappa shape index (κ2) is 10.1. The van der Waals surface area contributed by atoms with Crippen molar-refractivity contribution in [2.24, 2.45) is 10.9 Å². The normalized spacial score (nSPS) is 18.5. The van der Waals surface area contributed by atoms with E-state index in [4.69, 9.17) is 4.74 Å². The fourth-order valence-electron chi connectivity index (χ4n) is 2.53. The monoisotopic (exact) mass is 326 g/mol. The maximum Gasteiger partial charge on any atom is 0.310 e. The molecule has 0 bridgehead atoms. The molecule has 0 aromatic carbocycles. The first-order chi connectivity index (χ1) is 11.0. The van der Waals surface area contributed by atoms with Crippen molar-refractivity contribution in [3.63, 3.8) is 0 Å². The van der Waals surface area contributed by atoms with Gasteiger partial charge in [0.05, 0.1) is 19.1 Å². The Balaban J connectivity index is 2.64. The Hall–Kier alpha value is -1.79. The van der Waals surface area contributed by atoms with Gasteiger partial charge in [-0.05, 0) is 26.7 Å². The quantitative estimate of drug-likeness (QED) is 0.442. The summed E-state index contributed by atoms with van der Waals surface area (Å²) in [5.41, 5.74) is 0. The zero-order valence-corrected chi connectivity index (χ0v) is 14.8. The van der Waals surface area contributed by atoms with Crippen molar-refractivity contribution in [3.8, 4) is 0 Å². The summed E-state index contributed by atoms with van der Waals surface area (Å²) in [6, 6.07) is 0. The number of carbonyl (C=O) groups is 2. The average Bonchev–Trinajstić information content (AvgIpc) is 2.54. The third-order valence-corrected chi connectivity index (χ3v) is 3.76. The average molecular weight is 326 g/mol. The standard InChI is InChI=1S/C16H30N4O3/c1-5-17-16(18-10-9-14(21)19(3)4)20-11-7-8-13(12-20)15(22)23-6-2/h13H,5-12H2,1-4H3,(H,17,18). The fraction of sp³-hybridized carbons (Fsp3) is 0.812. The number of nitrogens with zero attached hydrogens (tertiary/aromatic N) is 3. The number of likely N-dealkylation sites (tertiary alicyclic amines) is 1. The van der Waals surface area contributed by atoms with E-state index in [9.17, 15) is 9.59 Å². The number of esters is 1. The molecule has 0 spiro atoms. The van der Waals surface area contributed by atoms with Gasteiger partial charge in [0.1, 0.15) is 0 Å². The molecule has 0 radical (unpaired) electrons. The Bertz CT molecular complexity index is 424. The number of amides is 1. The van der Waals surface area contributed by atoms with Gasteiger partial charge >= 0.3 is 5.97 Å². The number of hydrogen-bond donors (Lipinski definition) is 1. The highest BCUT2D eigenvalue weighted by atomic mass is 16.5. The maximum absolute atomic E-state index is 11.9. The maximum atomic E-state index is 11.9. The van der Waals surface area contributed by atoms with Crippen LogP contribution in [0.4, 0.5) is 0 Å². The lowest BCUT2D eigenvalue weighted by Crippen LogP contribution is -2.48. The summed E-state index contributed by atoms with van der Waals surface area (Å²) in [6.45, 7) is 6.92. The van der Waals surface area contributed by atoms with Crippen LogP contribution >= 0.6 is 0 Å². The molecule has 7 heteroatoms. The molecule has 1 aliphatic rings. The Labute approximate surface area is 139 Å². The highest BCUT2D eigenvalue weighted by Crippen LogP contribution is 2.18. The molecule has 1 heterocycles. The van der Waals surface area contributed by atoms with Crippen LogP contribution in [0.1, 0.15) is 33.1 Å². The van der Waals surface area contributed by atoms with Crippen LogP contribution in [0.3, 0.4) is 0 Å². The minimum atomic E-state index is -0.129. The Morgan fingerprint density at radius 1 is 1.35 bits per heavy atom. The molecule has 0 aromatic heterocycles. The summed E-state index contributed by atoms with van der Waals surface area (Å²) < 4.78 is 5.13. The minimum Gasteiger partial charge on any atom is -0.466 e. The number of ether oxygens (including phenoxy) is 1. The van der Waals surface area contributed by atoms with Gasteiger partial charge in [0.15, 0.2) is 5.96 Å². The third-order valence-electron chi connectivity index (χ3n) is 3.76. The fourth-order valence-corrected chi connectivity index (χ4v) is 2.53. The summed E-state index contributed by atoms with van der Waals surface area (Å²) in [7, 11) is 3.48. The molecule has 132 valence electrons. The predicted octanol–water partition coefficient (Wildman–Crippen LogP) is 0.705. The van der Waals surface area contributed by atoms with E-state index in [1.54, 1.807) is 19.0 Å². The molecule has 1 rings (SSSR count). The smallest absolute Gasteiger partial charge is 0.310 e. The first kappa shape index (κ1) is 19.3. The zero-order valence-electron chi connectivity index (χ0n) is 14.8. The Kier molecular flexibility index (Phi) is 8.43. The molecule has 23 heavy (non-hydrogen) atoms. The lowest BCUT2D eigenvalue weighted by molar-refractivity contribution is -0.149. The highest BCUT2D eigenvalue weighted by Gasteiger charge is 2.28. The molecule has 1 unspecified atom stereocenters. The molecule has 1 amide bonds. The molecule has 1 aliphatic heterocycles. The van der Waals surface area contributed by atoms with Crippen molar-refractivity contribution < 1.29 is 14.3 Å². The summed E-state index contributed by atoms with van der Waals surface area (Å²) >= 11 is 0. The summed E-state index contributed by atoms with van der Waals surface area (Å²) in [4.78, 5) is 31.8. The van der Waals surface area contributed by atoms with Crippen molar-refractivity contribution >= 4 is 17.8 Å². The molecular weight excluding hydrogens is 296 g/mol. The van der Waals surface area contributed by atoms with E-state index < -0.39 is 0 Å².